The van der Waals surface area contributed by atoms with E-state index in [0.29, 0.717) is 11.1 Å². The lowest BCUT2D eigenvalue weighted by Gasteiger charge is -2.04. The van der Waals surface area contributed by atoms with Gasteiger partial charge in [-0.1, -0.05) is 30.3 Å². The predicted molar refractivity (Wildman–Crippen MR) is 78.0 cm³/mol. The Morgan fingerprint density at radius 1 is 1.24 bits per heavy atom. The number of hydrogen-bond acceptors (Lipinski definition) is 5. The minimum Gasteiger partial charge on any atom is -0.401 e. The van der Waals surface area contributed by atoms with Gasteiger partial charge >= 0.3 is 5.88 Å². The maximum atomic E-state index is 10.6. The monoisotopic (exact) mass is 301 g/mol. The molecular formula is C14H8ClN3O3. The molecule has 3 rings (SSSR count). The molecule has 2 heterocycles. The van der Waals surface area contributed by atoms with Gasteiger partial charge in [-0.15, -0.1) is 0 Å². The van der Waals surface area contributed by atoms with Crippen molar-refractivity contribution in [2.45, 2.75) is 0 Å². The molecule has 1 aromatic carbocycles. The highest BCUT2D eigenvalue weighted by molar-refractivity contribution is 6.34. The minimum atomic E-state index is -0.620. The standard InChI is InChI=1S/C14H8ClN3O3/c1-8(11-6-7-12(21-11)18(19)20)14-16-10-5-3-2-4-9(10)13(15)17-14/h2-7H,1H2. The molecule has 0 aliphatic heterocycles. The van der Waals surface area contributed by atoms with E-state index >= 15 is 0 Å². The van der Waals surface area contributed by atoms with Gasteiger partial charge in [0.2, 0.25) is 0 Å². The number of benzene rings is 1. The first-order valence-electron chi connectivity index (χ1n) is 5.92. The fraction of sp³-hybridized carbons (Fsp3) is 0. The Labute approximate surface area is 123 Å². The Morgan fingerprint density at radius 3 is 2.71 bits per heavy atom. The summed E-state index contributed by atoms with van der Waals surface area (Å²) in [5.41, 5.74) is 0.991. The second kappa shape index (κ2) is 4.99. The van der Waals surface area contributed by atoms with E-state index in [-0.39, 0.29) is 22.6 Å². The van der Waals surface area contributed by atoms with E-state index < -0.39 is 4.92 Å². The average Bonchev–Trinajstić information content (AvgIpc) is 2.96. The molecule has 0 saturated heterocycles. The summed E-state index contributed by atoms with van der Waals surface area (Å²) in [5, 5.41) is 11.6. The number of fused-ring (bicyclic) bond motifs is 1. The molecule has 0 amide bonds. The van der Waals surface area contributed by atoms with Crippen LogP contribution < -0.4 is 0 Å². The molecule has 0 unspecified atom stereocenters. The molecular weight excluding hydrogens is 294 g/mol. The first kappa shape index (κ1) is 13.3. The minimum absolute atomic E-state index is 0.230. The van der Waals surface area contributed by atoms with Crippen molar-refractivity contribution in [3.63, 3.8) is 0 Å². The normalized spacial score (nSPS) is 10.7. The summed E-state index contributed by atoms with van der Waals surface area (Å²) >= 11 is 6.12. The van der Waals surface area contributed by atoms with E-state index in [1.165, 1.54) is 12.1 Å². The smallest absolute Gasteiger partial charge is 0.401 e. The second-order valence-electron chi connectivity index (χ2n) is 4.23. The van der Waals surface area contributed by atoms with E-state index in [1.807, 2.05) is 18.2 Å². The molecule has 104 valence electrons. The summed E-state index contributed by atoms with van der Waals surface area (Å²) in [6.07, 6.45) is 0. The summed E-state index contributed by atoms with van der Waals surface area (Å²) < 4.78 is 5.09. The fourth-order valence-corrected chi connectivity index (χ4v) is 2.11. The molecule has 7 heteroatoms. The van der Waals surface area contributed by atoms with E-state index in [2.05, 4.69) is 16.5 Å². The van der Waals surface area contributed by atoms with E-state index in [0.717, 1.165) is 5.39 Å². The highest BCUT2D eigenvalue weighted by Crippen LogP contribution is 2.27. The number of nitrogens with zero attached hydrogens (tertiary/aromatic N) is 3. The molecule has 0 fully saturated rings. The van der Waals surface area contributed by atoms with Gasteiger partial charge < -0.3 is 4.42 Å². The van der Waals surface area contributed by atoms with Crippen molar-refractivity contribution >= 4 is 34.0 Å². The van der Waals surface area contributed by atoms with Crippen molar-refractivity contribution in [3.05, 3.63) is 69.8 Å². The largest absolute Gasteiger partial charge is 0.433 e. The number of rotatable bonds is 3. The molecule has 6 nitrogen and oxygen atoms in total. The summed E-state index contributed by atoms with van der Waals surface area (Å²) in [6, 6.07) is 9.97. The van der Waals surface area contributed by atoms with Crippen molar-refractivity contribution in [2.75, 3.05) is 0 Å². The van der Waals surface area contributed by atoms with Crippen molar-refractivity contribution in [1.82, 2.24) is 9.97 Å². The van der Waals surface area contributed by atoms with Crippen LogP contribution in [0.4, 0.5) is 5.88 Å². The average molecular weight is 302 g/mol. The predicted octanol–water partition coefficient (Wildman–Crippen LogP) is 3.85. The molecule has 0 aliphatic rings. The first-order valence-corrected chi connectivity index (χ1v) is 6.30. The van der Waals surface area contributed by atoms with E-state index in [4.69, 9.17) is 16.0 Å². The lowest BCUT2D eigenvalue weighted by atomic mass is 10.2. The van der Waals surface area contributed by atoms with Crippen LogP contribution >= 0.6 is 11.6 Å². The number of halogens is 1. The van der Waals surface area contributed by atoms with Crippen molar-refractivity contribution in [3.8, 4) is 0 Å². The van der Waals surface area contributed by atoms with Crippen LogP contribution in [0.3, 0.4) is 0 Å². The summed E-state index contributed by atoms with van der Waals surface area (Å²) in [4.78, 5) is 18.5. The zero-order valence-electron chi connectivity index (χ0n) is 10.6. The van der Waals surface area contributed by atoms with Crippen LogP contribution in [0.25, 0.3) is 16.5 Å². The molecule has 0 N–H and O–H groups in total. The molecule has 2 aromatic heterocycles. The quantitative estimate of drug-likeness (QED) is 0.417. The molecule has 0 spiro atoms. The maximum Gasteiger partial charge on any atom is 0.433 e. The maximum absolute atomic E-state index is 10.6. The first-order chi connectivity index (χ1) is 10.1. The fourth-order valence-electron chi connectivity index (χ4n) is 1.87. The van der Waals surface area contributed by atoms with Crippen LogP contribution in [0, 0.1) is 10.1 Å². The zero-order chi connectivity index (χ0) is 15.0. The zero-order valence-corrected chi connectivity index (χ0v) is 11.4. The number of nitro groups is 1. The Morgan fingerprint density at radius 2 is 2.00 bits per heavy atom. The van der Waals surface area contributed by atoms with E-state index in [1.54, 1.807) is 6.07 Å². The van der Waals surface area contributed by atoms with Gasteiger partial charge in [0.05, 0.1) is 17.2 Å². The van der Waals surface area contributed by atoms with Crippen molar-refractivity contribution in [1.29, 1.82) is 0 Å². The molecule has 21 heavy (non-hydrogen) atoms. The number of para-hydroxylation sites is 1. The third-order valence-electron chi connectivity index (χ3n) is 2.90. The SMILES string of the molecule is C=C(c1nc(Cl)c2ccccc2n1)c1ccc([N+](=O)[O-])o1. The molecule has 3 aromatic rings. The van der Waals surface area contributed by atoms with Crippen LogP contribution in [-0.4, -0.2) is 14.9 Å². The van der Waals surface area contributed by atoms with Crippen molar-refractivity contribution in [2.24, 2.45) is 0 Å². The topological polar surface area (TPSA) is 82.1 Å². The molecule has 0 aliphatic carbocycles. The van der Waals surface area contributed by atoms with Gasteiger partial charge in [0.15, 0.2) is 5.82 Å². The van der Waals surface area contributed by atoms with Crippen LogP contribution in [0.2, 0.25) is 5.15 Å². The van der Waals surface area contributed by atoms with Crippen molar-refractivity contribution < 1.29 is 9.34 Å². The summed E-state index contributed by atoms with van der Waals surface area (Å²) in [5.74, 6) is 0.133. The van der Waals surface area contributed by atoms with Crippen LogP contribution in [0.1, 0.15) is 11.6 Å². The number of furan rings is 1. The lowest BCUT2D eigenvalue weighted by molar-refractivity contribution is -0.402. The summed E-state index contributed by atoms with van der Waals surface area (Å²) in [7, 11) is 0. The molecule has 0 saturated carbocycles. The third kappa shape index (κ3) is 2.36. The third-order valence-corrected chi connectivity index (χ3v) is 3.18. The van der Waals surface area contributed by atoms with Gasteiger partial charge in [0.25, 0.3) is 0 Å². The van der Waals surface area contributed by atoms with Gasteiger partial charge in [0.1, 0.15) is 15.8 Å². The van der Waals surface area contributed by atoms with Gasteiger partial charge in [-0.3, -0.25) is 10.1 Å². The second-order valence-corrected chi connectivity index (χ2v) is 4.59. The highest BCUT2D eigenvalue weighted by atomic mass is 35.5. The molecule has 0 atom stereocenters. The van der Waals surface area contributed by atoms with Crippen LogP contribution in [0.5, 0.6) is 0 Å². The van der Waals surface area contributed by atoms with Gasteiger partial charge in [-0.2, -0.15) is 0 Å². The van der Waals surface area contributed by atoms with E-state index in [9.17, 15) is 10.1 Å². The van der Waals surface area contributed by atoms with Gasteiger partial charge in [0, 0.05) is 5.39 Å². The lowest BCUT2D eigenvalue weighted by Crippen LogP contribution is -1.96. The number of aromatic nitrogens is 2. The Kier molecular flexibility index (Phi) is 3.15. The highest BCUT2D eigenvalue weighted by Gasteiger charge is 2.17. The Bertz CT molecular complexity index is 873. The Hall–Kier alpha value is -2.73. The molecule has 0 bridgehead atoms. The van der Waals surface area contributed by atoms with Gasteiger partial charge in [-0.25, -0.2) is 9.97 Å². The van der Waals surface area contributed by atoms with Crippen LogP contribution in [-0.2, 0) is 0 Å². The summed E-state index contributed by atoms with van der Waals surface area (Å²) in [6.45, 7) is 3.82. The van der Waals surface area contributed by atoms with Crippen LogP contribution in [0.15, 0.2) is 47.4 Å². The Balaban J connectivity index is 2.06. The number of hydrogen-bond donors (Lipinski definition) is 0. The molecule has 0 radical (unpaired) electrons. The van der Waals surface area contributed by atoms with Gasteiger partial charge in [-0.05, 0) is 18.2 Å².